The summed E-state index contributed by atoms with van der Waals surface area (Å²) in [6.07, 6.45) is 3.41. The number of amides is 1. The molecule has 1 aromatic carbocycles. The third kappa shape index (κ3) is 4.30. The molecule has 1 N–H and O–H groups in total. The molecular formula is C16H24N2O3S. The molecule has 6 heteroatoms. The predicted molar refractivity (Wildman–Crippen MR) is 87.1 cm³/mol. The summed E-state index contributed by atoms with van der Waals surface area (Å²) in [5.41, 5.74) is 0.699. The Morgan fingerprint density at radius 3 is 2.32 bits per heavy atom. The molecule has 1 aromatic rings. The molecule has 0 aliphatic heterocycles. The van der Waals surface area contributed by atoms with Crippen molar-refractivity contribution in [2.75, 3.05) is 19.8 Å². The van der Waals surface area contributed by atoms with Gasteiger partial charge < -0.3 is 4.90 Å². The van der Waals surface area contributed by atoms with Gasteiger partial charge in [-0.3, -0.25) is 4.79 Å². The molecule has 1 saturated carbocycles. The zero-order chi connectivity index (χ0) is 16.2. The van der Waals surface area contributed by atoms with Crippen molar-refractivity contribution in [3.8, 4) is 0 Å². The SMILES string of the molecule is CNS(=O)(=O)C[C@H]1CC[C@H](N(C)C(=O)c2ccccc2)CC1. The fourth-order valence-corrected chi connectivity index (χ4v) is 4.16. The van der Waals surface area contributed by atoms with E-state index >= 15 is 0 Å². The van der Waals surface area contributed by atoms with Crippen LogP contribution in [0.3, 0.4) is 0 Å². The smallest absolute Gasteiger partial charge is 0.253 e. The van der Waals surface area contributed by atoms with Crippen molar-refractivity contribution in [2.45, 2.75) is 31.7 Å². The van der Waals surface area contributed by atoms with Gasteiger partial charge in [0.15, 0.2) is 0 Å². The Kier molecular flexibility index (Phi) is 5.58. The Labute approximate surface area is 132 Å². The van der Waals surface area contributed by atoms with E-state index in [0.29, 0.717) is 5.56 Å². The molecule has 2 rings (SSSR count). The fraction of sp³-hybridized carbons (Fsp3) is 0.562. The van der Waals surface area contributed by atoms with Crippen LogP contribution in [-0.4, -0.2) is 45.1 Å². The molecule has 22 heavy (non-hydrogen) atoms. The largest absolute Gasteiger partial charge is 0.339 e. The standard InChI is InChI=1S/C16H24N2O3S/c1-17-22(20,21)12-13-8-10-15(11-9-13)18(2)16(19)14-6-4-3-5-7-14/h3-7,13,15,17H,8-12H2,1-2H3/t13-,15-. The van der Waals surface area contributed by atoms with Gasteiger partial charge >= 0.3 is 0 Å². The van der Waals surface area contributed by atoms with Gasteiger partial charge in [0.05, 0.1) is 5.75 Å². The van der Waals surface area contributed by atoms with Gasteiger partial charge in [-0.25, -0.2) is 13.1 Å². The maximum Gasteiger partial charge on any atom is 0.253 e. The third-order valence-corrected chi connectivity index (χ3v) is 6.00. The molecule has 1 amide bonds. The normalized spacial score (nSPS) is 22.3. The number of carbonyl (C=O) groups is 1. The molecular weight excluding hydrogens is 300 g/mol. The molecule has 1 aliphatic carbocycles. The number of benzene rings is 1. The first-order valence-electron chi connectivity index (χ1n) is 7.66. The topological polar surface area (TPSA) is 66.5 Å². The first kappa shape index (κ1) is 17.0. The van der Waals surface area contributed by atoms with Crippen molar-refractivity contribution in [3.05, 3.63) is 35.9 Å². The highest BCUT2D eigenvalue weighted by Gasteiger charge is 2.29. The predicted octanol–water partition coefficient (Wildman–Crippen LogP) is 1.87. The molecule has 0 radical (unpaired) electrons. The van der Waals surface area contributed by atoms with E-state index in [1.165, 1.54) is 7.05 Å². The van der Waals surface area contributed by atoms with E-state index in [9.17, 15) is 13.2 Å². The van der Waals surface area contributed by atoms with Crippen molar-refractivity contribution in [2.24, 2.45) is 5.92 Å². The van der Waals surface area contributed by atoms with Gasteiger partial charge in [0.2, 0.25) is 10.0 Å². The van der Waals surface area contributed by atoms with Crippen LogP contribution in [0.15, 0.2) is 30.3 Å². The lowest BCUT2D eigenvalue weighted by atomic mass is 9.86. The molecule has 1 aliphatic rings. The van der Waals surface area contributed by atoms with Crippen LogP contribution in [0.2, 0.25) is 0 Å². The molecule has 0 bridgehead atoms. The van der Waals surface area contributed by atoms with Crippen molar-refractivity contribution < 1.29 is 13.2 Å². The third-order valence-electron chi connectivity index (χ3n) is 4.47. The van der Waals surface area contributed by atoms with Crippen LogP contribution < -0.4 is 4.72 Å². The van der Waals surface area contributed by atoms with Gasteiger partial charge in [0.25, 0.3) is 5.91 Å². The zero-order valence-electron chi connectivity index (χ0n) is 13.2. The van der Waals surface area contributed by atoms with Crippen LogP contribution in [0, 0.1) is 5.92 Å². The van der Waals surface area contributed by atoms with Crippen molar-refractivity contribution in [3.63, 3.8) is 0 Å². The summed E-state index contributed by atoms with van der Waals surface area (Å²) in [7, 11) is 0.143. The second-order valence-electron chi connectivity index (χ2n) is 5.94. The number of nitrogens with one attached hydrogen (secondary N) is 1. The van der Waals surface area contributed by atoms with E-state index in [1.807, 2.05) is 37.4 Å². The van der Waals surface area contributed by atoms with E-state index < -0.39 is 10.0 Å². The highest BCUT2D eigenvalue weighted by atomic mass is 32.2. The molecule has 0 aromatic heterocycles. The van der Waals surface area contributed by atoms with Crippen molar-refractivity contribution >= 4 is 15.9 Å². The Morgan fingerprint density at radius 1 is 1.18 bits per heavy atom. The minimum absolute atomic E-state index is 0.0342. The summed E-state index contributed by atoms with van der Waals surface area (Å²) >= 11 is 0. The Bertz CT molecular complexity index is 593. The summed E-state index contributed by atoms with van der Waals surface area (Å²) in [6, 6.07) is 9.46. The zero-order valence-corrected chi connectivity index (χ0v) is 14.0. The first-order valence-corrected chi connectivity index (χ1v) is 9.31. The number of hydrogen-bond donors (Lipinski definition) is 1. The van der Waals surface area contributed by atoms with E-state index in [2.05, 4.69) is 4.72 Å². The van der Waals surface area contributed by atoms with E-state index in [4.69, 9.17) is 0 Å². The highest BCUT2D eigenvalue weighted by Crippen LogP contribution is 2.28. The van der Waals surface area contributed by atoms with Gasteiger partial charge in [-0.2, -0.15) is 0 Å². The molecule has 0 heterocycles. The molecule has 0 atom stereocenters. The van der Waals surface area contributed by atoms with E-state index in [0.717, 1.165) is 25.7 Å². The van der Waals surface area contributed by atoms with Gasteiger partial charge in [-0.15, -0.1) is 0 Å². The van der Waals surface area contributed by atoms with Gasteiger partial charge in [0, 0.05) is 18.7 Å². The second-order valence-corrected chi connectivity index (χ2v) is 7.91. The minimum atomic E-state index is -3.15. The van der Waals surface area contributed by atoms with E-state index in [-0.39, 0.29) is 23.6 Å². The van der Waals surface area contributed by atoms with E-state index in [1.54, 1.807) is 4.90 Å². The van der Waals surface area contributed by atoms with Crippen LogP contribution in [0.25, 0.3) is 0 Å². The average Bonchev–Trinajstić information content (AvgIpc) is 2.55. The first-order chi connectivity index (χ1) is 10.4. The Balaban J connectivity index is 1.90. The number of nitrogens with zero attached hydrogens (tertiary/aromatic N) is 1. The van der Waals surface area contributed by atoms with Gasteiger partial charge in [0.1, 0.15) is 0 Å². The van der Waals surface area contributed by atoms with Crippen LogP contribution in [0.1, 0.15) is 36.0 Å². The number of rotatable bonds is 5. The summed E-state index contributed by atoms with van der Waals surface area (Å²) in [4.78, 5) is 14.2. The van der Waals surface area contributed by atoms with Crippen LogP contribution in [-0.2, 0) is 10.0 Å². The fourth-order valence-electron chi connectivity index (χ4n) is 3.04. The average molecular weight is 324 g/mol. The van der Waals surface area contributed by atoms with Crippen molar-refractivity contribution in [1.29, 1.82) is 0 Å². The molecule has 122 valence electrons. The highest BCUT2D eigenvalue weighted by molar-refractivity contribution is 7.89. The second kappa shape index (κ2) is 7.24. The quantitative estimate of drug-likeness (QED) is 0.899. The Morgan fingerprint density at radius 2 is 1.77 bits per heavy atom. The summed E-state index contributed by atoms with van der Waals surface area (Å²) < 4.78 is 25.6. The number of carbonyl (C=O) groups excluding carboxylic acids is 1. The summed E-state index contributed by atoms with van der Waals surface area (Å²) in [5.74, 6) is 0.410. The number of hydrogen-bond acceptors (Lipinski definition) is 3. The van der Waals surface area contributed by atoms with Gasteiger partial charge in [-0.1, -0.05) is 18.2 Å². The minimum Gasteiger partial charge on any atom is -0.339 e. The molecule has 1 fully saturated rings. The lowest BCUT2D eigenvalue weighted by Gasteiger charge is -2.34. The number of sulfonamides is 1. The van der Waals surface area contributed by atoms with Crippen LogP contribution in [0.4, 0.5) is 0 Å². The lowest BCUT2D eigenvalue weighted by molar-refractivity contribution is 0.0680. The monoisotopic (exact) mass is 324 g/mol. The lowest BCUT2D eigenvalue weighted by Crippen LogP contribution is -2.40. The summed E-state index contributed by atoms with van der Waals surface area (Å²) in [6.45, 7) is 0. The van der Waals surface area contributed by atoms with Crippen molar-refractivity contribution in [1.82, 2.24) is 9.62 Å². The summed E-state index contributed by atoms with van der Waals surface area (Å²) in [5, 5.41) is 0. The van der Waals surface area contributed by atoms with Crippen LogP contribution >= 0.6 is 0 Å². The van der Waals surface area contributed by atoms with Gasteiger partial charge in [-0.05, 0) is 50.8 Å². The van der Waals surface area contributed by atoms with Crippen LogP contribution in [0.5, 0.6) is 0 Å². The molecule has 5 nitrogen and oxygen atoms in total. The molecule has 0 saturated heterocycles. The molecule has 0 unspecified atom stereocenters. The maximum atomic E-state index is 12.4. The Hall–Kier alpha value is -1.40. The maximum absolute atomic E-state index is 12.4. The molecule has 0 spiro atoms.